The van der Waals surface area contributed by atoms with Crippen LogP contribution in [-0.4, -0.2) is 9.55 Å². The van der Waals surface area contributed by atoms with Gasteiger partial charge in [-0.3, -0.25) is 0 Å². The van der Waals surface area contributed by atoms with E-state index in [9.17, 15) is 0 Å². The van der Waals surface area contributed by atoms with E-state index in [1.54, 1.807) is 12.5 Å². The Hall–Kier alpha value is -2.81. The average molecular weight is 274 g/mol. The highest BCUT2D eigenvalue weighted by atomic mass is 16.3. The van der Waals surface area contributed by atoms with E-state index >= 15 is 0 Å². The van der Waals surface area contributed by atoms with E-state index < -0.39 is 0 Å². The number of rotatable bonds is 3. The monoisotopic (exact) mass is 274 g/mol. The fraction of sp³-hybridized carbons (Fsp3) is 0.0556. The second-order valence-electron chi connectivity index (χ2n) is 5.11. The van der Waals surface area contributed by atoms with Gasteiger partial charge in [0.05, 0.1) is 12.6 Å². The van der Waals surface area contributed by atoms with Crippen LogP contribution in [0.3, 0.4) is 0 Å². The summed E-state index contributed by atoms with van der Waals surface area (Å²) in [6.07, 6.45) is 7.33. The third kappa shape index (κ3) is 2.34. The smallest absolute Gasteiger partial charge is 0.133 e. The first-order chi connectivity index (χ1) is 10.4. The van der Waals surface area contributed by atoms with E-state index in [4.69, 9.17) is 4.42 Å². The minimum atomic E-state index is 0.848. The van der Waals surface area contributed by atoms with Crippen molar-refractivity contribution in [2.24, 2.45) is 0 Å². The summed E-state index contributed by atoms with van der Waals surface area (Å²) in [6.45, 7) is 0.848. The van der Waals surface area contributed by atoms with E-state index in [0.717, 1.165) is 17.5 Å². The molecule has 0 unspecified atom stereocenters. The van der Waals surface area contributed by atoms with Gasteiger partial charge in [-0.25, -0.2) is 4.98 Å². The Morgan fingerprint density at radius 3 is 2.62 bits per heavy atom. The largest absolute Gasteiger partial charge is 0.464 e. The van der Waals surface area contributed by atoms with Crippen molar-refractivity contribution in [3.05, 3.63) is 79.1 Å². The highest BCUT2D eigenvalue weighted by Crippen LogP contribution is 2.25. The molecule has 0 spiro atoms. The summed E-state index contributed by atoms with van der Waals surface area (Å²) in [7, 11) is 0. The molecule has 0 aliphatic carbocycles. The number of nitrogens with zero attached hydrogens (tertiary/aromatic N) is 2. The Balaban J connectivity index is 1.63. The van der Waals surface area contributed by atoms with Gasteiger partial charge in [0.15, 0.2) is 0 Å². The normalized spacial score (nSPS) is 11.0. The summed E-state index contributed by atoms with van der Waals surface area (Å²) < 4.78 is 7.44. The van der Waals surface area contributed by atoms with Crippen LogP contribution in [0.4, 0.5) is 0 Å². The molecule has 0 N–H and O–H groups in total. The van der Waals surface area contributed by atoms with Crippen LogP contribution in [0.2, 0.25) is 0 Å². The molecule has 0 saturated carbocycles. The number of benzene rings is 2. The molecule has 0 aliphatic heterocycles. The lowest BCUT2D eigenvalue weighted by molar-refractivity contribution is 0.616. The summed E-state index contributed by atoms with van der Waals surface area (Å²) in [5.41, 5.74) is 4.61. The molecule has 102 valence electrons. The topological polar surface area (TPSA) is 31.0 Å². The van der Waals surface area contributed by atoms with Crippen molar-refractivity contribution in [2.75, 3.05) is 0 Å². The summed E-state index contributed by atoms with van der Waals surface area (Å²) in [4.78, 5) is 4.06. The highest BCUT2D eigenvalue weighted by molar-refractivity contribution is 5.83. The van der Waals surface area contributed by atoms with Gasteiger partial charge in [-0.15, -0.1) is 0 Å². The fourth-order valence-corrected chi connectivity index (χ4v) is 2.54. The van der Waals surface area contributed by atoms with E-state index in [0.29, 0.717) is 0 Å². The number of hydrogen-bond donors (Lipinski definition) is 0. The molecule has 0 fully saturated rings. The van der Waals surface area contributed by atoms with Crippen LogP contribution in [0.25, 0.3) is 22.1 Å². The number of fused-ring (bicyclic) bond motifs is 1. The minimum absolute atomic E-state index is 0.848. The Morgan fingerprint density at radius 2 is 1.81 bits per heavy atom. The van der Waals surface area contributed by atoms with Crippen LogP contribution in [-0.2, 0) is 6.54 Å². The molecule has 0 saturated heterocycles. The maximum absolute atomic E-state index is 5.38. The summed E-state index contributed by atoms with van der Waals surface area (Å²) in [6, 6.07) is 16.9. The molecule has 3 nitrogen and oxygen atoms in total. The van der Waals surface area contributed by atoms with Gasteiger partial charge in [-0.1, -0.05) is 30.3 Å². The van der Waals surface area contributed by atoms with Crippen molar-refractivity contribution in [1.29, 1.82) is 0 Å². The van der Waals surface area contributed by atoms with Gasteiger partial charge in [0.2, 0.25) is 0 Å². The van der Waals surface area contributed by atoms with E-state index in [-0.39, 0.29) is 0 Å². The quantitative estimate of drug-likeness (QED) is 0.556. The standard InChI is InChI=1S/C18H14N2O/c1-3-15(4-2-14(1)12-20-9-8-19-13-20)16-5-6-18-17(11-16)7-10-21-18/h1-11,13H,12H2. The summed E-state index contributed by atoms with van der Waals surface area (Å²) >= 11 is 0. The van der Waals surface area contributed by atoms with Crippen LogP contribution in [0.5, 0.6) is 0 Å². The molecule has 2 aromatic carbocycles. The molecule has 0 atom stereocenters. The van der Waals surface area contributed by atoms with E-state index in [1.807, 2.05) is 24.7 Å². The number of aromatic nitrogens is 2. The molecule has 2 aromatic heterocycles. The Labute approximate surface area is 122 Å². The van der Waals surface area contributed by atoms with Crippen LogP contribution < -0.4 is 0 Å². The van der Waals surface area contributed by atoms with Gasteiger partial charge in [-0.05, 0) is 34.9 Å². The van der Waals surface area contributed by atoms with Crippen molar-refractivity contribution >= 4 is 11.0 Å². The number of hydrogen-bond acceptors (Lipinski definition) is 2. The first kappa shape index (κ1) is 12.0. The van der Waals surface area contributed by atoms with Crippen LogP contribution in [0.1, 0.15) is 5.56 Å². The molecule has 21 heavy (non-hydrogen) atoms. The third-order valence-corrected chi connectivity index (χ3v) is 3.66. The second-order valence-corrected chi connectivity index (χ2v) is 5.11. The SMILES string of the molecule is c1cn(Cc2ccc(-c3ccc4occc4c3)cc2)cn1. The van der Waals surface area contributed by atoms with E-state index in [1.165, 1.54) is 16.7 Å². The van der Waals surface area contributed by atoms with Gasteiger partial charge in [-0.2, -0.15) is 0 Å². The zero-order chi connectivity index (χ0) is 14.1. The van der Waals surface area contributed by atoms with Gasteiger partial charge in [0.25, 0.3) is 0 Å². The predicted octanol–water partition coefficient (Wildman–Crippen LogP) is 4.34. The molecule has 4 aromatic rings. The lowest BCUT2D eigenvalue weighted by atomic mass is 10.0. The molecule has 0 aliphatic rings. The van der Waals surface area contributed by atoms with Gasteiger partial charge >= 0.3 is 0 Å². The molecule has 3 heteroatoms. The number of furan rings is 1. The van der Waals surface area contributed by atoms with Crippen molar-refractivity contribution in [3.63, 3.8) is 0 Å². The lowest BCUT2D eigenvalue weighted by Gasteiger charge is -2.05. The van der Waals surface area contributed by atoms with Gasteiger partial charge < -0.3 is 8.98 Å². The van der Waals surface area contributed by atoms with Crippen LogP contribution in [0, 0.1) is 0 Å². The maximum Gasteiger partial charge on any atom is 0.133 e. The zero-order valence-corrected chi connectivity index (χ0v) is 11.4. The van der Waals surface area contributed by atoms with Gasteiger partial charge in [0, 0.05) is 24.3 Å². The molecule has 0 bridgehead atoms. The van der Waals surface area contributed by atoms with Crippen molar-refractivity contribution in [2.45, 2.75) is 6.54 Å². The molecular weight excluding hydrogens is 260 g/mol. The molecule has 0 amide bonds. The average Bonchev–Trinajstić information content (AvgIpc) is 3.18. The Morgan fingerprint density at radius 1 is 0.952 bits per heavy atom. The maximum atomic E-state index is 5.38. The number of imidazole rings is 1. The summed E-state index contributed by atoms with van der Waals surface area (Å²) in [5, 5.41) is 1.13. The highest BCUT2D eigenvalue weighted by Gasteiger charge is 2.02. The molecular formula is C18H14N2O. The molecule has 2 heterocycles. The lowest BCUT2D eigenvalue weighted by Crippen LogP contribution is -1.95. The van der Waals surface area contributed by atoms with Crippen molar-refractivity contribution < 1.29 is 4.42 Å². The van der Waals surface area contributed by atoms with Crippen molar-refractivity contribution in [1.82, 2.24) is 9.55 Å². The first-order valence-corrected chi connectivity index (χ1v) is 6.91. The Bertz CT molecular complexity index is 858. The van der Waals surface area contributed by atoms with E-state index in [2.05, 4.69) is 45.9 Å². The first-order valence-electron chi connectivity index (χ1n) is 6.91. The molecule has 0 radical (unpaired) electrons. The van der Waals surface area contributed by atoms with Crippen LogP contribution in [0.15, 0.2) is 77.9 Å². The Kier molecular flexibility index (Phi) is 2.82. The minimum Gasteiger partial charge on any atom is -0.464 e. The van der Waals surface area contributed by atoms with Crippen molar-refractivity contribution in [3.8, 4) is 11.1 Å². The summed E-state index contributed by atoms with van der Waals surface area (Å²) in [5.74, 6) is 0. The second kappa shape index (κ2) is 4.94. The van der Waals surface area contributed by atoms with Gasteiger partial charge in [0.1, 0.15) is 5.58 Å². The predicted molar refractivity (Wildman–Crippen MR) is 83.0 cm³/mol. The van der Waals surface area contributed by atoms with Crippen LogP contribution >= 0.6 is 0 Å². The fourth-order valence-electron chi connectivity index (χ4n) is 2.54. The molecule has 4 rings (SSSR count). The zero-order valence-electron chi connectivity index (χ0n) is 11.4. The third-order valence-electron chi connectivity index (χ3n) is 3.66.